The number of nitrogens with zero attached hydrogens (tertiary/aromatic N) is 3. The molecular weight excluding hydrogens is 296 g/mol. The summed E-state index contributed by atoms with van der Waals surface area (Å²) in [6.07, 6.45) is 0.520. The van der Waals surface area contributed by atoms with Gasteiger partial charge in [-0.15, -0.1) is 0 Å². The number of hydrogen-bond donors (Lipinski definition) is 1. The molecule has 2 aromatic rings. The molecule has 0 spiro atoms. The number of urea groups is 1. The Kier molecular flexibility index (Phi) is 3.63. The van der Waals surface area contributed by atoms with Crippen LogP contribution in [0.1, 0.15) is 31.7 Å². The summed E-state index contributed by atoms with van der Waals surface area (Å²) in [7, 11) is 0. The Balaban J connectivity index is 1.82. The zero-order valence-electron chi connectivity index (χ0n) is 13.3. The predicted octanol–water partition coefficient (Wildman–Crippen LogP) is 2.27. The molecule has 23 heavy (non-hydrogen) atoms. The predicted molar refractivity (Wildman–Crippen MR) is 82.2 cm³/mol. The van der Waals surface area contributed by atoms with Gasteiger partial charge in [0.1, 0.15) is 12.1 Å². The number of hydrogen-bond acceptors (Lipinski definition) is 5. The maximum Gasteiger partial charge on any atom is 0.325 e. The smallest absolute Gasteiger partial charge is 0.325 e. The van der Waals surface area contributed by atoms with Crippen molar-refractivity contribution in [2.24, 2.45) is 0 Å². The first-order valence-electron chi connectivity index (χ1n) is 7.47. The zero-order valence-corrected chi connectivity index (χ0v) is 13.3. The van der Waals surface area contributed by atoms with Crippen molar-refractivity contribution in [2.75, 3.05) is 0 Å². The topological polar surface area (TPSA) is 88.3 Å². The van der Waals surface area contributed by atoms with E-state index in [1.54, 1.807) is 6.92 Å². The molecule has 1 saturated heterocycles. The van der Waals surface area contributed by atoms with Gasteiger partial charge >= 0.3 is 6.03 Å². The van der Waals surface area contributed by atoms with Crippen LogP contribution in [0, 0.1) is 6.92 Å². The quantitative estimate of drug-likeness (QED) is 0.875. The number of benzene rings is 1. The molecule has 0 unspecified atom stereocenters. The summed E-state index contributed by atoms with van der Waals surface area (Å²) < 4.78 is 5.20. The molecule has 1 aliphatic heterocycles. The van der Waals surface area contributed by atoms with E-state index in [1.807, 2.05) is 38.1 Å². The average Bonchev–Trinajstić information content (AvgIpc) is 3.07. The van der Waals surface area contributed by atoms with Crippen molar-refractivity contribution in [1.29, 1.82) is 0 Å². The second-order valence-corrected chi connectivity index (χ2v) is 5.83. The van der Waals surface area contributed by atoms with Gasteiger partial charge in [-0.3, -0.25) is 9.69 Å². The number of carbonyl (C=O) groups excluding carboxylic acids is 2. The van der Waals surface area contributed by atoms with Gasteiger partial charge in [-0.1, -0.05) is 36.3 Å². The molecule has 3 amide bonds. The van der Waals surface area contributed by atoms with E-state index in [9.17, 15) is 9.59 Å². The molecule has 7 heteroatoms. The van der Waals surface area contributed by atoms with E-state index >= 15 is 0 Å². The van der Waals surface area contributed by atoms with E-state index in [0.717, 1.165) is 16.0 Å². The van der Waals surface area contributed by atoms with E-state index < -0.39 is 11.6 Å². The highest BCUT2D eigenvalue weighted by Crippen LogP contribution is 2.24. The van der Waals surface area contributed by atoms with Crippen LogP contribution >= 0.6 is 0 Å². The Morgan fingerprint density at radius 1 is 1.30 bits per heavy atom. The molecule has 2 heterocycles. The fraction of sp³-hybridized carbons (Fsp3) is 0.375. The number of aryl methyl sites for hydroxylation is 1. The number of aromatic nitrogens is 2. The van der Waals surface area contributed by atoms with E-state index in [4.69, 9.17) is 4.52 Å². The van der Waals surface area contributed by atoms with Crippen LogP contribution in [-0.2, 0) is 11.3 Å². The van der Waals surface area contributed by atoms with Gasteiger partial charge in [-0.05, 0) is 25.8 Å². The molecule has 1 fully saturated rings. The minimum atomic E-state index is -0.865. The van der Waals surface area contributed by atoms with Crippen molar-refractivity contribution in [3.8, 4) is 11.4 Å². The Labute approximate surface area is 133 Å². The highest BCUT2D eigenvalue weighted by atomic mass is 16.5. The molecule has 0 radical (unpaired) electrons. The lowest BCUT2D eigenvalue weighted by molar-refractivity contribution is -0.131. The molecule has 1 N–H and O–H groups in total. The van der Waals surface area contributed by atoms with Gasteiger partial charge in [0.25, 0.3) is 5.91 Å². The van der Waals surface area contributed by atoms with Gasteiger partial charge in [0.15, 0.2) is 0 Å². The number of carbonyl (C=O) groups is 2. The molecule has 120 valence electrons. The second kappa shape index (κ2) is 5.49. The first-order chi connectivity index (χ1) is 10.9. The Bertz CT molecular complexity index is 770. The fourth-order valence-corrected chi connectivity index (χ4v) is 2.52. The summed E-state index contributed by atoms with van der Waals surface area (Å²) in [5.41, 5.74) is 1.02. The standard InChI is InChI=1S/C16H18N4O3/c1-4-16(3)14(21)20(15(22)18-16)9-12-17-13(19-23-12)11-8-6-5-7-10(11)2/h5-8H,4,9H2,1-3H3,(H,18,22)/t16-/m1/s1. The molecule has 1 aromatic carbocycles. The average molecular weight is 314 g/mol. The lowest BCUT2D eigenvalue weighted by atomic mass is 9.99. The summed E-state index contributed by atoms with van der Waals surface area (Å²) in [4.78, 5) is 29.8. The third kappa shape index (κ3) is 2.58. The number of rotatable bonds is 4. The van der Waals surface area contributed by atoms with Crippen molar-refractivity contribution in [3.05, 3.63) is 35.7 Å². The Hall–Kier alpha value is -2.70. The van der Waals surface area contributed by atoms with Crippen molar-refractivity contribution in [1.82, 2.24) is 20.4 Å². The van der Waals surface area contributed by atoms with Crippen LogP contribution in [0.2, 0.25) is 0 Å². The van der Waals surface area contributed by atoms with Crippen LogP contribution < -0.4 is 5.32 Å². The Morgan fingerprint density at radius 2 is 2.04 bits per heavy atom. The van der Waals surface area contributed by atoms with Crippen molar-refractivity contribution in [2.45, 2.75) is 39.3 Å². The van der Waals surface area contributed by atoms with Crippen molar-refractivity contribution < 1.29 is 14.1 Å². The second-order valence-electron chi connectivity index (χ2n) is 5.83. The third-order valence-electron chi connectivity index (χ3n) is 4.20. The fourth-order valence-electron chi connectivity index (χ4n) is 2.52. The van der Waals surface area contributed by atoms with Gasteiger partial charge in [0.2, 0.25) is 11.7 Å². The molecule has 0 saturated carbocycles. The van der Waals surface area contributed by atoms with Crippen LogP contribution in [0.5, 0.6) is 0 Å². The maximum atomic E-state index is 12.4. The molecule has 3 rings (SSSR count). The number of imide groups is 1. The lowest BCUT2D eigenvalue weighted by Gasteiger charge is -2.18. The monoisotopic (exact) mass is 314 g/mol. The molecule has 1 aliphatic rings. The summed E-state index contributed by atoms with van der Waals surface area (Å²) in [5.74, 6) is 0.399. The first-order valence-corrected chi connectivity index (χ1v) is 7.47. The zero-order chi connectivity index (χ0) is 16.6. The molecule has 1 aromatic heterocycles. The number of nitrogens with one attached hydrogen (secondary N) is 1. The summed E-state index contributed by atoms with van der Waals surface area (Å²) in [6, 6.07) is 7.23. The largest absolute Gasteiger partial charge is 0.337 e. The summed E-state index contributed by atoms with van der Waals surface area (Å²) in [6.45, 7) is 5.49. The summed E-state index contributed by atoms with van der Waals surface area (Å²) in [5, 5.41) is 6.64. The van der Waals surface area contributed by atoms with Crippen LogP contribution in [0.3, 0.4) is 0 Å². The SMILES string of the molecule is CC[C@@]1(C)NC(=O)N(Cc2nc(-c3ccccc3C)no2)C1=O. The molecular formula is C16H18N4O3. The minimum Gasteiger partial charge on any atom is -0.337 e. The van der Waals surface area contributed by atoms with Crippen LogP contribution in [0.4, 0.5) is 4.79 Å². The van der Waals surface area contributed by atoms with Gasteiger partial charge in [0, 0.05) is 5.56 Å². The van der Waals surface area contributed by atoms with Gasteiger partial charge < -0.3 is 9.84 Å². The van der Waals surface area contributed by atoms with Crippen LogP contribution in [-0.4, -0.2) is 32.5 Å². The lowest BCUT2D eigenvalue weighted by Crippen LogP contribution is -2.43. The third-order valence-corrected chi connectivity index (χ3v) is 4.20. The van der Waals surface area contributed by atoms with Gasteiger partial charge in [0.05, 0.1) is 0 Å². The van der Waals surface area contributed by atoms with Gasteiger partial charge in [-0.25, -0.2) is 4.79 Å². The molecule has 7 nitrogen and oxygen atoms in total. The first kappa shape index (κ1) is 15.2. The summed E-state index contributed by atoms with van der Waals surface area (Å²) >= 11 is 0. The molecule has 0 aliphatic carbocycles. The maximum absolute atomic E-state index is 12.4. The number of amides is 3. The van der Waals surface area contributed by atoms with Crippen LogP contribution in [0.25, 0.3) is 11.4 Å². The highest BCUT2D eigenvalue weighted by molar-refractivity contribution is 6.06. The van der Waals surface area contributed by atoms with E-state index in [1.165, 1.54) is 0 Å². The van der Waals surface area contributed by atoms with E-state index in [0.29, 0.717) is 12.2 Å². The van der Waals surface area contributed by atoms with E-state index in [2.05, 4.69) is 15.5 Å². The highest BCUT2D eigenvalue weighted by Gasteiger charge is 2.46. The van der Waals surface area contributed by atoms with Crippen molar-refractivity contribution in [3.63, 3.8) is 0 Å². The van der Waals surface area contributed by atoms with E-state index in [-0.39, 0.29) is 18.3 Å². The van der Waals surface area contributed by atoms with Crippen LogP contribution in [0.15, 0.2) is 28.8 Å². The van der Waals surface area contributed by atoms with Crippen molar-refractivity contribution >= 4 is 11.9 Å². The normalized spacial score (nSPS) is 20.9. The minimum absolute atomic E-state index is 0.0286. The molecule has 0 bridgehead atoms. The Morgan fingerprint density at radius 3 is 2.70 bits per heavy atom. The molecule has 1 atom stereocenters. The van der Waals surface area contributed by atoms with Gasteiger partial charge in [-0.2, -0.15) is 4.98 Å².